The zero-order valence-electron chi connectivity index (χ0n) is 7.48. The largest absolute Gasteiger partial charge is 0.505 e. The van der Waals surface area contributed by atoms with Crippen LogP contribution in [0.1, 0.15) is 0 Å². The summed E-state index contributed by atoms with van der Waals surface area (Å²) in [6.45, 7) is 0. The van der Waals surface area contributed by atoms with E-state index in [9.17, 15) is 5.11 Å². The van der Waals surface area contributed by atoms with E-state index < -0.39 is 0 Å². The summed E-state index contributed by atoms with van der Waals surface area (Å²) in [4.78, 5) is 8.20. The van der Waals surface area contributed by atoms with Gasteiger partial charge in [0.05, 0.1) is 3.57 Å². The van der Waals surface area contributed by atoms with Gasteiger partial charge in [-0.05, 0) is 57.3 Å². The van der Waals surface area contributed by atoms with Crippen LogP contribution in [0.25, 0.3) is 11.3 Å². The Bertz CT molecular complexity index is 503. The second kappa shape index (κ2) is 4.60. The third kappa shape index (κ3) is 2.22. The molecule has 0 saturated carbocycles. The van der Waals surface area contributed by atoms with E-state index in [0.717, 1.165) is 12.7 Å². The molecule has 0 fully saturated rings. The highest BCUT2D eigenvalue weighted by molar-refractivity contribution is 14.1. The molecule has 15 heavy (non-hydrogen) atoms. The molecule has 0 spiro atoms. The fourth-order valence-electron chi connectivity index (χ4n) is 1.18. The number of aromatic hydroxyl groups is 1. The minimum Gasteiger partial charge on any atom is -0.505 e. The lowest BCUT2D eigenvalue weighted by Gasteiger charge is -2.06. The maximum atomic E-state index is 9.87. The Morgan fingerprint density at radius 3 is 2.53 bits per heavy atom. The summed E-state index contributed by atoms with van der Waals surface area (Å²) in [6, 6.07) is 3.65. The Labute approximate surface area is 114 Å². The van der Waals surface area contributed by atoms with Gasteiger partial charge >= 0.3 is 0 Å². The SMILES string of the molecule is Oc1c(I)ccnc1-c1cnccc1I. The molecule has 0 saturated heterocycles. The first-order chi connectivity index (χ1) is 7.20. The highest BCUT2D eigenvalue weighted by Gasteiger charge is 2.11. The van der Waals surface area contributed by atoms with Crippen molar-refractivity contribution in [2.75, 3.05) is 0 Å². The highest BCUT2D eigenvalue weighted by Crippen LogP contribution is 2.32. The Morgan fingerprint density at radius 1 is 1.07 bits per heavy atom. The Kier molecular flexibility index (Phi) is 3.39. The lowest BCUT2D eigenvalue weighted by Crippen LogP contribution is -1.90. The highest BCUT2D eigenvalue weighted by atomic mass is 127. The predicted octanol–water partition coefficient (Wildman–Crippen LogP) is 3.06. The Morgan fingerprint density at radius 2 is 1.80 bits per heavy atom. The standard InChI is InChI=1S/C10H6I2N2O/c11-7-1-3-13-5-6(7)9-10(15)8(12)2-4-14-9/h1-5,15H. The maximum Gasteiger partial charge on any atom is 0.155 e. The van der Waals surface area contributed by atoms with Gasteiger partial charge in [0, 0.05) is 27.7 Å². The van der Waals surface area contributed by atoms with E-state index in [2.05, 4.69) is 55.1 Å². The summed E-state index contributed by atoms with van der Waals surface area (Å²) in [6.07, 6.45) is 5.11. The summed E-state index contributed by atoms with van der Waals surface area (Å²) in [5.74, 6) is 0.212. The number of halogens is 2. The zero-order valence-corrected chi connectivity index (χ0v) is 11.8. The Balaban J connectivity index is 2.65. The quantitative estimate of drug-likeness (QED) is 0.717. The average Bonchev–Trinajstić information content (AvgIpc) is 2.23. The van der Waals surface area contributed by atoms with Gasteiger partial charge in [-0.3, -0.25) is 9.97 Å². The monoisotopic (exact) mass is 424 g/mol. The predicted molar refractivity (Wildman–Crippen MR) is 74.6 cm³/mol. The summed E-state index contributed by atoms with van der Waals surface area (Å²) in [5.41, 5.74) is 1.44. The summed E-state index contributed by atoms with van der Waals surface area (Å²) < 4.78 is 1.81. The van der Waals surface area contributed by atoms with Crippen molar-refractivity contribution in [3.05, 3.63) is 37.9 Å². The number of pyridine rings is 2. The van der Waals surface area contributed by atoms with Crippen molar-refractivity contribution in [3.63, 3.8) is 0 Å². The van der Waals surface area contributed by atoms with Crippen LogP contribution in [0, 0.1) is 7.14 Å². The van der Waals surface area contributed by atoms with Crippen LogP contribution in [-0.2, 0) is 0 Å². The molecular formula is C10H6I2N2O. The van der Waals surface area contributed by atoms with Crippen LogP contribution in [0.3, 0.4) is 0 Å². The van der Waals surface area contributed by atoms with Crippen LogP contribution in [0.4, 0.5) is 0 Å². The van der Waals surface area contributed by atoms with Crippen molar-refractivity contribution in [1.29, 1.82) is 0 Å². The van der Waals surface area contributed by atoms with E-state index in [1.54, 1.807) is 24.7 Å². The van der Waals surface area contributed by atoms with E-state index in [1.807, 2.05) is 6.07 Å². The number of nitrogens with zero attached hydrogens (tertiary/aromatic N) is 2. The van der Waals surface area contributed by atoms with Crippen LogP contribution in [0.15, 0.2) is 30.7 Å². The fourth-order valence-corrected chi connectivity index (χ4v) is 2.15. The minimum absolute atomic E-state index is 0.212. The van der Waals surface area contributed by atoms with Crippen LogP contribution in [0.2, 0.25) is 0 Å². The molecule has 2 aromatic heterocycles. The van der Waals surface area contributed by atoms with Gasteiger partial charge in [-0.1, -0.05) is 0 Å². The number of hydrogen-bond donors (Lipinski definition) is 1. The lowest BCUT2D eigenvalue weighted by molar-refractivity contribution is 0.471. The summed E-state index contributed by atoms with van der Waals surface area (Å²) >= 11 is 4.27. The lowest BCUT2D eigenvalue weighted by atomic mass is 10.2. The molecule has 0 bridgehead atoms. The third-order valence-electron chi connectivity index (χ3n) is 1.90. The van der Waals surface area contributed by atoms with Crippen molar-refractivity contribution in [1.82, 2.24) is 9.97 Å². The van der Waals surface area contributed by atoms with Crippen LogP contribution < -0.4 is 0 Å². The molecule has 3 nitrogen and oxygen atoms in total. The molecule has 2 aromatic rings. The van der Waals surface area contributed by atoms with Crippen molar-refractivity contribution in [2.45, 2.75) is 0 Å². The van der Waals surface area contributed by atoms with Gasteiger partial charge < -0.3 is 5.11 Å². The molecule has 0 radical (unpaired) electrons. The minimum atomic E-state index is 0.212. The molecule has 0 aliphatic carbocycles. The van der Waals surface area contributed by atoms with E-state index in [4.69, 9.17) is 0 Å². The number of rotatable bonds is 1. The molecule has 0 aliphatic rings. The first-order valence-electron chi connectivity index (χ1n) is 4.13. The Hall–Kier alpha value is -0.440. The van der Waals surface area contributed by atoms with Gasteiger partial charge in [0.1, 0.15) is 5.69 Å². The topological polar surface area (TPSA) is 46.0 Å². The van der Waals surface area contributed by atoms with Gasteiger partial charge in [0.2, 0.25) is 0 Å². The fraction of sp³-hybridized carbons (Fsp3) is 0. The molecule has 2 heterocycles. The normalized spacial score (nSPS) is 10.3. The maximum absolute atomic E-state index is 9.87. The molecule has 2 rings (SSSR count). The summed E-state index contributed by atoms with van der Waals surface area (Å²) in [7, 11) is 0. The molecule has 76 valence electrons. The van der Waals surface area contributed by atoms with Crippen molar-refractivity contribution >= 4 is 45.2 Å². The second-order valence-electron chi connectivity index (χ2n) is 2.85. The molecule has 5 heteroatoms. The molecular weight excluding hydrogens is 418 g/mol. The summed E-state index contributed by atoms with van der Waals surface area (Å²) in [5, 5.41) is 9.87. The third-order valence-corrected chi connectivity index (χ3v) is 3.71. The first kappa shape index (κ1) is 11.1. The van der Waals surface area contributed by atoms with E-state index >= 15 is 0 Å². The van der Waals surface area contributed by atoms with Crippen LogP contribution >= 0.6 is 45.2 Å². The van der Waals surface area contributed by atoms with Gasteiger partial charge in [-0.15, -0.1) is 0 Å². The molecule has 0 amide bonds. The molecule has 0 unspecified atom stereocenters. The van der Waals surface area contributed by atoms with E-state index in [0.29, 0.717) is 5.69 Å². The molecule has 0 atom stereocenters. The van der Waals surface area contributed by atoms with Gasteiger partial charge in [0.25, 0.3) is 0 Å². The number of hydrogen-bond acceptors (Lipinski definition) is 3. The second-order valence-corrected chi connectivity index (χ2v) is 5.17. The number of aromatic nitrogens is 2. The smallest absolute Gasteiger partial charge is 0.155 e. The van der Waals surface area contributed by atoms with Crippen LogP contribution in [-0.4, -0.2) is 15.1 Å². The van der Waals surface area contributed by atoms with Gasteiger partial charge in [-0.2, -0.15) is 0 Å². The van der Waals surface area contributed by atoms with Gasteiger partial charge in [-0.25, -0.2) is 0 Å². The zero-order chi connectivity index (χ0) is 10.8. The van der Waals surface area contributed by atoms with E-state index in [-0.39, 0.29) is 5.75 Å². The average molecular weight is 424 g/mol. The van der Waals surface area contributed by atoms with Crippen molar-refractivity contribution < 1.29 is 5.11 Å². The van der Waals surface area contributed by atoms with Gasteiger partial charge in [0.15, 0.2) is 5.75 Å². The molecule has 0 aliphatic heterocycles. The van der Waals surface area contributed by atoms with E-state index in [1.165, 1.54) is 0 Å². The van der Waals surface area contributed by atoms with Crippen LogP contribution in [0.5, 0.6) is 5.75 Å². The first-order valence-corrected chi connectivity index (χ1v) is 6.29. The van der Waals surface area contributed by atoms with Crippen molar-refractivity contribution in [2.24, 2.45) is 0 Å². The van der Waals surface area contributed by atoms with Crippen molar-refractivity contribution in [3.8, 4) is 17.0 Å². The molecule has 0 aromatic carbocycles. The molecule has 1 N–H and O–H groups in total.